The lowest BCUT2D eigenvalue weighted by atomic mass is 9.86. The summed E-state index contributed by atoms with van der Waals surface area (Å²) < 4.78 is 0. The number of nitrogens with zero attached hydrogens (tertiary/aromatic N) is 5. The van der Waals surface area contributed by atoms with Crippen LogP contribution in [0.5, 0.6) is 0 Å². The molecule has 2 aromatic heterocycles. The monoisotopic (exact) mass is 561 g/mol. The first-order valence-corrected chi connectivity index (χ1v) is 14.2. The Labute approximate surface area is 235 Å². The summed E-state index contributed by atoms with van der Waals surface area (Å²) in [6.45, 7) is 2.25. The van der Waals surface area contributed by atoms with Gasteiger partial charge in [0, 0.05) is 12.6 Å². The zero-order chi connectivity index (χ0) is 28.2. The molecule has 4 N–H and O–H groups in total. The standard InChI is InChI=1S/C28H31N7O4S/c1-16-4-6-17(7-5-16)22-3-2-12-35(22)27-32-23(25(37)31-19-10-8-18(9-11-19)26(38)39)21(15-36)24(33-27)34-28-30-14-20(13-29)40-28/h4-7,14,18-19,22,36H,2-3,8-12,15H2,1H3,(H,31,37)(H,38,39)(H,30,32,33,34)/t18-,19-,22-/m0/s1. The van der Waals surface area contributed by atoms with Crippen molar-refractivity contribution in [1.82, 2.24) is 20.3 Å². The Bertz CT molecular complexity index is 1430. The number of carboxylic acids is 1. The van der Waals surface area contributed by atoms with Gasteiger partial charge in [-0.3, -0.25) is 9.59 Å². The summed E-state index contributed by atoms with van der Waals surface area (Å²) in [5, 5.41) is 35.4. The molecule has 1 aromatic carbocycles. The highest BCUT2D eigenvalue weighted by atomic mass is 32.1. The predicted molar refractivity (Wildman–Crippen MR) is 149 cm³/mol. The Kier molecular flexibility index (Phi) is 8.23. The number of aliphatic carboxylic acids is 1. The number of aliphatic hydroxyl groups is 1. The summed E-state index contributed by atoms with van der Waals surface area (Å²) in [6.07, 6.45) is 5.37. The van der Waals surface area contributed by atoms with Crippen molar-refractivity contribution < 1.29 is 19.8 Å². The van der Waals surface area contributed by atoms with E-state index in [4.69, 9.17) is 9.97 Å². The second kappa shape index (κ2) is 12.0. The molecular weight excluding hydrogens is 530 g/mol. The van der Waals surface area contributed by atoms with Crippen LogP contribution in [-0.4, -0.2) is 49.6 Å². The minimum atomic E-state index is -0.806. The van der Waals surface area contributed by atoms with Crippen molar-refractivity contribution in [2.24, 2.45) is 5.92 Å². The highest BCUT2D eigenvalue weighted by molar-refractivity contribution is 7.16. The first-order chi connectivity index (χ1) is 19.4. The molecule has 0 spiro atoms. The molecule has 5 rings (SSSR count). The number of aromatic nitrogens is 3. The Balaban J connectivity index is 1.49. The summed E-state index contributed by atoms with van der Waals surface area (Å²) in [6, 6.07) is 10.2. The maximum atomic E-state index is 13.6. The molecule has 1 aliphatic carbocycles. The van der Waals surface area contributed by atoms with Crippen LogP contribution in [0.3, 0.4) is 0 Å². The highest BCUT2D eigenvalue weighted by Crippen LogP contribution is 2.36. The molecule has 1 amide bonds. The van der Waals surface area contributed by atoms with Crippen LogP contribution < -0.4 is 15.5 Å². The van der Waals surface area contributed by atoms with Gasteiger partial charge in [0.25, 0.3) is 5.91 Å². The molecule has 1 atom stereocenters. The average molecular weight is 562 g/mol. The lowest BCUT2D eigenvalue weighted by Gasteiger charge is -2.28. The lowest BCUT2D eigenvalue weighted by molar-refractivity contribution is -0.142. The van der Waals surface area contributed by atoms with E-state index in [1.54, 1.807) is 0 Å². The van der Waals surface area contributed by atoms with Crippen LogP contribution in [0.4, 0.5) is 16.9 Å². The number of anilines is 3. The second-order valence-electron chi connectivity index (χ2n) is 10.2. The Morgan fingerprint density at radius 2 is 1.90 bits per heavy atom. The molecular formula is C28H31N7O4S. The molecule has 1 saturated heterocycles. The van der Waals surface area contributed by atoms with Gasteiger partial charge in [0.1, 0.15) is 22.5 Å². The third-order valence-electron chi connectivity index (χ3n) is 7.59. The van der Waals surface area contributed by atoms with Gasteiger partial charge in [-0.2, -0.15) is 10.2 Å². The molecule has 208 valence electrons. The Morgan fingerprint density at radius 3 is 2.55 bits per heavy atom. The first-order valence-electron chi connectivity index (χ1n) is 13.4. The van der Waals surface area contributed by atoms with Gasteiger partial charge in [0.05, 0.1) is 30.3 Å². The van der Waals surface area contributed by atoms with Crippen LogP contribution in [0, 0.1) is 24.2 Å². The summed E-state index contributed by atoms with van der Waals surface area (Å²) in [5.74, 6) is -1.04. The molecule has 1 aliphatic heterocycles. The van der Waals surface area contributed by atoms with Gasteiger partial charge in [-0.1, -0.05) is 41.2 Å². The van der Waals surface area contributed by atoms with Gasteiger partial charge in [0.2, 0.25) is 5.95 Å². The number of benzene rings is 1. The number of hydrogen-bond donors (Lipinski definition) is 4. The molecule has 0 unspecified atom stereocenters. The largest absolute Gasteiger partial charge is 0.481 e. The molecule has 3 heterocycles. The minimum Gasteiger partial charge on any atom is -0.481 e. The topological polar surface area (TPSA) is 164 Å². The summed E-state index contributed by atoms with van der Waals surface area (Å²) >= 11 is 1.14. The lowest BCUT2D eigenvalue weighted by Crippen LogP contribution is -2.40. The van der Waals surface area contributed by atoms with E-state index in [0.717, 1.165) is 29.7 Å². The molecule has 3 aromatic rings. The Hall–Kier alpha value is -4.08. The maximum absolute atomic E-state index is 13.6. The van der Waals surface area contributed by atoms with Crippen molar-refractivity contribution in [3.63, 3.8) is 0 Å². The van der Waals surface area contributed by atoms with Gasteiger partial charge >= 0.3 is 5.97 Å². The number of hydrogen-bond acceptors (Lipinski definition) is 10. The van der Waals surface area contributed by atoms with Gasteiger partial charge in [-0.25, -0.2) is 9.97 Å². The second-order valence-corrected chi connectivity index (χ2v) is 11.3. The fraction of sp³-hybridized carbons (Fsp3) is 0.429. The fourth-order valence-electron chi connectivity index (χ4n) is 5.41. The van der Waals surface area contributed by atoms with Crippen LogP contribution in [-0.2, 0) is 11.4 Å². The number of carbonyl (C=O) groups is 2. The molecule has 12 heteroatoms. The number of aryl methyl sites for hydroxylation is 1. The number of rotatable bonds is 8. The van der Waals surface area contributed by atoms with E-state index in [1.807, 2.05) is 6.92 Å². The normalized spacial score (nSPS) is 20.6. The number of nitrogens with one attached hydrogen (secondary N) is 2. The first kappa shape index (κ1) is 27.5. The number of carbonyl (C=O) groups excluding carboxylic acids is 1. The van der Waals surface area contributed by atoms with Crippen molar-refractivity contribution >= 4 is 40.1 Å². The fourth-order valence-corrected chi connectivity index (χ4v) is 6.02. The number of thiazole rings is 1. The minimum absolute atomic E-state index is 0.0284. The van der Waals surface area contributed by atoms with Crippen molar-refractivity contribution in [3.8, 4) is 6.07 Å². The van der Waals surface area contributed by atoms with E-state index in [-0.39, 0.29) is 29.2 Å². The van der Waals surface area contributed by atoms with E-state index in [1.165, 1.54) is 11.8 Å². The molecule has 0 bridgehead atoms. The van der Waals surface area contributed by atoms with E-state index in [9.17, 15) is 25.1 Å². The number of carboxylic acid groups (broad SMARTS) is 1. The molecule has 40 heavy (non-hydrogen) atoms. The van der Waals surface area contributed by atoms with Gasteiger partial charge in [-0.05, 0) is 51.0 Å². The summed E-state index contributed by atoms with van der Waals surface area (Å²) in [5.41, 5.74) is 2.58. The van der Waals surface area contributed by atoms with Crippen LogP contribution in [0.25, 0.3) is 0 Å². The van der Waals surface area contributed by atoms with Crippen LogP contribution in [0.1, 0.15) is 76.6 Å². The maximum Gasteiger partial charge on any atom is 0.306 e. The van der Waals surface area contributed by atoms with Gasteiger partial charge in [0.15, 0.2) is 5.13 Å². The molecule has 2 aliphatic rings. The molecule has 11 nitrogen and oxygen atoms in total. The van der Waals surface area contributed by atoms with Crippen molar-refractivity contribution in [2.45, 2.75) is 64.1 Å². The number of amides is 1. The third-order valence-corrected chi connectivity index (χ3v) is 8.41. The summed E-state index contributed by atoms with van der Waals surface area (Å²) in [7, 11) is 0. The van der Waals surface area contributed by atoms with E-state index in [2.05, 4.69) is 50.9 Å². The molecule has 2 fully saturated rings. The average Bonchev–Trinajstić information content (AvgIpc) is 3.63. The van der Waals surface area contributed by atoms with E-state index >= 15 is 0 Å². The van der Waals surface area contributed by atoms with Gasteiger partial charge < -0.3 is 25.7 Å². The van der Waals surface area contributed by atoms with E-state index < -0.39 is 24.4 Å². The Morgan fingerprint density at radius 1 is 1.15 bits per heavy atom. The smallest absolute Gasteiger partial charge is 0.306 e. The number of aliphatic hydroxyl groups excluding tert-OH is 1. The van der Waals surface area contributed by atoms with Crippen molar-refractivity contribution in [2.75, 3.05) is 16.8 Å². The SMILES string of the molecule is Cc1ccc([C@@H]2CCCN2c2nc(Nc3ncc(C#N)s3)c(CO)c(C(=O)N[C@H]3CC[C@H](C(=O)O)CC3)n2)cc1. The van der Waals surface area contributed by atoms with E-state index in [0.29, 0.717) is 48.2 Å². The third kappa shape index (κ3) is 5.90. The van der Waals surface area contributed by atoms with Crippen LogP contribution >= 0.6 is 11.3 Å². The molecule has 1 saturated carbocycles. The predicted octanol–water partition coefficient (Wildman–Crippen LogP) is 4.06. The van der Waals surface area contributed by atoms with Crippen molar-refractivity contribution in [1.29, 1.82) is 5.26 Å². The van der Waals surface area contributed by atoms with Crippen LogP contribution in [0.2, 0.25) is 0 Å². The van der Waals surface area contributed by atoms with Gasteiger partial charge in [-0.15, -0.1) is 0 Å². The van der Waals surface area contributed by atoms with Crippen molar-refractivity contribution in [3.05, 3.63) is 57.7 Å². The molecule has 0 radical (unpaired) electrons. The zero-order valence-electron chi connectivity index (χ0n) is 22.1. The van der Waals surface area contributed by atoms with Crippen LogP contribution in [0.15, 0.2) is 30.5 Å². The highest BCUT2D eigenvalue weighted by Gasteiger charge is 2.32. The summed E-state index contributed by atoms with van der Waals surface area (Å²) in [4.78, 5) is 41.1. The number of nitriles is 1. The quantitative estimate of drug-likeness (QED) is 0.315. The zero-order valence-corrected chi connectivity index (χ0v) is 22.9.